The van der Waals surface area contributed by atoms with E-state index >= 15 is 0 Å². The zero-order valence-corrected chi connectivity index (χ0v) is 9.36. The lowest BCUT2D eigenvalue weighted by atomic mass is 10.2. The molecular weight excluding hydrogens is 178 g/mol. The molecule has 0 aromatic carbocycles. The van der Waals surface area contributed by atoms with Gasteiger partial charge in [-0.1, -0.05) is 25.8 Å². The lowest BCUT2D eigenvalue weighted by Gasteiger charge is -2.11. The van der Waals surface area contributed by atoms with Crippen molar-refractivity contribution in [2.75, 3.05) is 6.54 Å². The van der Waals surface area contributed by atoms with Gasteiger partial charge in [-0.25, -0.2) is 0 Å². The van der Waals surface area contributed by atoms with Gasteiger partial charge in [0.25, 0.3) is 0 Å². The van der Waals surface area contributed by atoms with Crippen LogP contribution in [0.5, 0.6) is 0 Å². The Morgan fingerprint density at radius 1 is 1.46 bits per heavy atom. The summed E-state index contributed by atoms with van der Waals surface area (Å²) in [6.07, 6.45) is 3.94. The Bertz CT molecular complexity index is 206. The largest absolute Gasteiger partial charge is 0.309 e. The van der Waals surface area contributed by atoms with Gasteiger partial charge in [0.05, 0.1) is 0 Å². The normalized spacial score (nSPS) is 13.1. The smallest absolute Gasteiger partial charge is 0.0386 e. The summed E-state index contributed by atoms with van der Waals surface area (Å²) in [7, 11) is 0. The molecule has 0 spiro atoms. The highest BCUT2D eigenvalue weighted by Crippen LogP contribution is 2.17. The van der Waals surface area contributed by atoms with Crippen LogP contribution in [0.4, 0.5) is 0 Å². The maximum atomic E-state index is 3.53. The molecule has 0 aliphatic heterocycles. The zero-order valence-electron chi connectivity index (χ0n) is 8.55. The third-order valence-electron chi connectivity index (χ3n) is 2.20. The second-order valence-corrected chi connectivity index (χ2v) is 4.38. The maximum Gasteiger partial charge on any atom is 0.0386 e. The predicted octanol–water partition coefficient (Wildman–Crippen LogP) is 3.59. The molecule has 1 nitrogen and oxygen atoms in total. The Balaban J connectivity index is 2.15. The molecule has 0 fully saturated rings. The van der Waals surface area contributed by atoms with Crippen LogP contribution < -0.4 is 5.32 Å². The highest BCUT2D eigenvalue weighted by molar-refractivity contribution is 7.10. The summed E-state index contributed by atoms with van der Waals surface area (Å²) in [5.74, 6) is 0. The van der Waals surface area contributed by atoms with Crippen LogP contribution in [0.25, 0.3) is 0 Å². The highest BCUT2D eigenvalue weighted by Gasteiger charge is 2.03. The first-order chi connectivity index (χ1) is 6.34. The average molecular weight is 197 g/mol. The van der Waals surface area contributed by atoms with Gasteiger partial charge in [0.1, 0.15) is 0 Å². The summed E-state index contributed by atoms with van der Waals surface area (Å²) >= 11 is 1.83. The molecule has 1 unspecified atom stereocenters. The number of thiophene rings is 1. The van der Waals surface area contributed by atoms with Crippen molar-refractivity contribution in [3.8, 4) is 0 Å². The summed E-state index contributed by atoms with van der Waals surface area (Å²) < 4.78 is 0. The number of unbranched alkanes of at least 4 members (excludes halogenated alkanes) is 2. The molecule has 0 saturated heterocycles. The van der Waals surface area contributed by atoms with Gasteiger partial charge in [-0.3, -0.25) is 0 Å². The maximum absolute atomic E-state index is 3.53. The van der Waals surface area contributed by atoms with E-state index in [9.17, 15) is 0 Å². The molecule has 0 radical (unpaired) electrons. The van der Waals surface area contributed by atoms with Crippen LogP contribution in [-0.4, -0.2) is 6.54 Å². The van der Waals surface area contributed by atoms with Gasteiger partial charge in [-0.15, -0.1) is 11.3 Å². The predicted molar refractivity (Wildman–Crippen MR) is 60.3 cm³/mol. The van der Waals surface area contributed by atoms with E-state index in [2.05, 4.69) is 36.7 Å². The molecule has 1 N–H and O–H groups in total. The fourth-order valence-electron chi connectivity index (χ4n) is 1.33. The fraction of sp³-hybridized carbons (Fsp3) is 0.636. The monoisotopic (exact) mass is 197 g/mol. The van der Waals surface area contributed by atoms with Crippen LogP contribution in [0.3, 0.4) is 0 Å². The summed E-state index contributed by atoms with van der Waals surface area (Å²) in [6, 6.07) is 4.84. The Morgan fingerprint density at radius 3 is 2.92 bits per heavy atom. The van der Waals surface area contributed by atoms with Crippen LogP contribution in [0.2, 0.25) is 0 Å². The summed E-state index contributed by atoms with van der Waals surface area (Å²) in [6.45, 7) is 5.62. The van der Waals surface area contributed by atoms with E-state index in [0.717, 1.165) is 6.54 Å². The average Bonchev–Trinajstić information content (AvgIpc) is 2.65. The number of hydrogen-bond donors (Lipinski definition) is 1. The second kappa shape index (κ2) is 6.17. The second-order valence-electron chi connectivity index (χ2n) is 3.40. The van der Waals surface area contributed by atoms with Crippen molar-refractivity contribution in [1.82, 2.24) is 5.32 Å². The standard InChI is InChI=1S/C11H19NS/c1-3-4-5-8-12-10(2)11-7-6-9-13-11/h6-7,9-10,12H,3-5,8H2,1-2H3. The Kier molecular flexibility index (Phi) is 5.09. The highest BCUT2D eigenvalue weighted by atomic mass is 32.1. The molecule has 0 aliphatic rings. The van der Waals surface area contributed by atoms with Crippen LogP contribution >= 0.6 is 11.3 Å². The van der Waals surface area contributed by atoms with E-state index in [1.54, 1.807) is 0 Å². The summed E-state index contributed by atoms with van der Waals surface area (Å²) in [5, 5.41) is 5.67. The van der Waals surface area contributed by atoms with Crippen molar-refractivity contribution in [3.05, 3.63) is 22.4 Å². The molecule has 1 aromatic heterocycles. The van der Waals surface area contributed by atoms with Gasteiger partial charge in [0.2, 0.25) is 0 Å². The molecule has 1 heterocycles. The number of hydrogen-bond acceptors (Lipinski definition) is 2. The van der Waals surface area contributed by atoms with E-state index < -0.39 is 0 Å². The Labute approximate surface area is 85.2 Å². The van der Waals surface area contributed by atoms with Gasteiger partial charge in [-0.2, -0.15) is 0 Å². The van der Waals surface area contributed by atoms with Crippen molar-refractivity contribution in [3.63, 3.8) is 0 Å². The molecule has 0 aliphatic carbocycles. The molecule has 0 amide bonds. The minimum absolute atomic E-state index is 0.525. The minimum Gasteiger partial charge on any atom is -0.309 e. The first kappa shape index (κ1) is 10.7. The zero-order chi connectivity index (χ0) is 9.52. The Hall–Kier alpha value is -0.340. The third-order valence-corrected chi connectivity index (χ3v) is 3.26. The van der Waals surface area contributed by atoms with Gasteiger partial charge in [0.15, 0.2) is 0 Å². The lowest BCUT2D eigenvalue weighted by molar-refractivity contribution is 0.549. The van der Waals surface area contributed by atoms with Crippen LogP contribution in [-0.2, 0) is 0 Å². The molecule has 2 heteroatoms. The number of nitrogens with one attached hydrogen (secondary N) is 1. The molecule has 1 atom stereocenters. The van der Waals surface area contributed by atoms with E-state index in [0.29, 0.717) is 6.04 Å². The van der Waals surface area contributed by atoms with E-state index in [4.69, 9.17) is 0 Å². The molecule has 13 heavy (non-hydrogen) atoms. The molecule has 0 bridgehead atoms. The third kappa shape index (κ3) is 3.92. The molecule has 1 rings (SSSR count). The van der Waals surface area contributed by atoms with Crippen LogP contribution in [0, 0.1) is 0 Å². The first-order valence-electron chi connectivity index (χ1n) is 5.11. The quantitative estimate of drug-likeness (QED) is 0.687. The summed E-state index contributed by atoms with van der Waals surface area (Å²) in [5.41, 5.74) is 0. The van der Waals surface area contributed by atoms with E-state index in [-0.39, 0.29) is 0 Å². The van der Waals surface area contributed by atoms with Crippen molar-refractivity contribution in [1.29, 1.82) is 0 Å². The molecule has 0 saturated carbocycles. The van der Waals surface area contributed by atoms with Gasteiger partial charge < -0.3 is 5.32 Å². The van der Waals surface area contributed by atoms with Gasteiger partial charge in [-0.05, 0) is 31.3 Å². The van der Waals surface area contributed by atoms with Gasteiger partial charge in [0, 0.05) is 10.9 Å². The Morgan fingerprint density at radius 2 is 2.31 bits per heavy atom. The van der Waals surface area contributed by atoms with Crippen LogP contribution in [0.1, 0.15) is 44.0 Å². The van der Waals surface area contributed by atoms with Crippen molar-refractivity contribution in [2.24, 2.45) is 0 Å². The molecule has 74 valence electrons. The minimum atomic E-state index is 0.525. The van der Waals surface area contributed by atoms with Crippen molar-refractivity contribution < 1.29 is 0 Å². The first-order valence-corrected chi connectivity index (χ1v) is 5.99. The lowest BCUT2D eigenvalue weighted by Crippen LogP contribution is -2.18. The van der Waals surface area contributed by atoms with E-state index in [1.165, 1.54) is 24.1 Å². The fourth-order valence-corrected chi connectivity index (χ4v) is 2.09. The molecular formula is C11H19NS. The van der Waals surface area contributed by atoms with E-state index in [1.807, 2.05) is 11.3 Å². The molecule has 1 aromatic rings. The van der Waals surface area contributed by atoms with Gasteiger partial charge >= 0.3 is 0 Å². The topological polar surface area (TPSA) is 12.0 Å². The van der Waals surface area contributed by atoms with Crippen molar-refractivity contribution in [2.45, 2.75) is 39.2 Å². The summed E-state index contributed by atoms with van der Waals surface area (Å²) in [4.78, 5) is 1.44. The van der Waals surface area contributed by atoms with Crippen LogP contribution in [0.15, 0.2) is 17.5 Å². The SMILES string of the molecule is CCCCCNC(C)c1cccs1. The number of rotatable bonds is 6. The van der Waals surface area contributed by atoms with Crippen molar-refractivity contribution >= 4 is 11.3 Å².